The van der Waals surface area contributed by atoms with Gasteiger partial charge in [-0.05, 0) is 23.8 Å². The third kappa shape index (κ3) is 2.13. The lowest BCUT2D eigenvalue weighted by atomic mass is 9.98. The van der Waals surface area contributed by atoms with E-state index in [9.17, 15) is 4.79 Å². The summed E-state index contributed by atoms with van der Waals surface area (Å²) >= 11 is 0. The third-order valence-corrected chi connectivity index (χ3v) is 3.34. The van der Waals surface area contributed by atoms with E-state index in [1.54, 1.807) is 30.2 Å². The highest BCUT2D eigenvalue weighted by molar-refractivity contribution is 6.00. The molecule has 5 heteroatoms. The molecule has 0 aliphatic carbocycles. The summed E-state index contributed by atoms with van der Waals surface area (Å²) in [6.45, 7) is 0.682. The van der Waals surface area contributed by atoms with Crippen LogP contribution in [0.25, 0.3) is 0 Å². The lowest BCUT2D eigenvalue weighted by Gasteiger charge is -2.09. The number of aromatic nitrogens is 2. The van der Waals surface area contributed by atoms with Gasteiger partial charge < -0.3 is 10.5 Å². The van der Waals surface area contributed by atoms with Crippen LogP contribution >= 0.6 is 0 Å². The average Bonchev–Trinajstić information content (AvgIpc) is 3.04. The first-order valence-corrected chi connectivity index (χ1v) is 6.19. The molecular weight excluding hydrogens is 242 g/mol. The molecule has 1 aromatic heterocycles. The molecule has 2 aromatic rings. The molecule has 1 unspecified atom stereocenters. The monoisotopic (exact) mass is 257 g/mol. The highest BCUT2D eigenvalue weighted by Gasteiger charge is 2.21. The summed E-state index contributed by atoms with van der Waals surface area (Å²) in [6.07, 6.45) is 4.23. The number of carbonyl (C=O) groups is 1. The van der Waals surface area contributed by atoms with Gasteiger partial charge in [-0.15, -0.1) is 0 Å². The van der Waals surface area contributed by atoms with Crippen molar-refractivity contribution in [2.45, 2.75) is 12.5 Å². The van der Waals surface area contributed by atoms with Gasteiger partial charge in [0.25, 0.3) is 0 Å². The molecule has 0 spiro atoms. The van der Waals surface area contributed by atoms with Crippen molar-refractivity contribution in [2.24, 2.45) is 12.8 Å². The molecule has 0 saturated heterocycles. The first-order chi connectivity index (χ1) is 9.15. The molecule has 0 bridgehead atoms. The van der Waals surface area contributed by atoms with Gasteiger partial charge >= 0.3 is 0 Å². The molecule has 0 fully saturated rings. The number of hydrogen-bond donors (Lipinski definition) is 1. The van der Waals surface area contributed by atoms with Crippen molar-refractivity contribution in [3.63, 3.8) is 0 Å². The molecule has 2 N–H and O–H groups in total. The molecule has 1 aliphatic heterocycles. The van der Waals surface area contributed by atoms with Gasteiger partial charge in [-0.2, -0.15) is 5.10 Å². The molecule has 1 aromatic carbocycles. The minimum atomic E-state index is -0.672. The Morgan fingerprint density at radius 3 is 3.11 bits per heavy atom. The van der Waals surface area contributed by atoms with Gasteiger partial charge in [-0.3, -0.25) is 9.48 Å². The van der Waals surface area contributed by atoms with Crippen LogP contribution in [0.15, 0.2) is 30.6 Å². The van der Waals surface area contributed by atoms with Crippen molar-refractivity contribution < 1.29 is 9.53 Å². The van der Waals surface area contributed by atoms with Crippen LogP contribution in [0.1, 0.15) is 27.5 Å². The lowest BCUT2D eigenvalue weighted by Crippen LogP contribution is -2.21. The maximum Gasteiger partial charge on any atom is 0.184 e. The van der Waals surface area contributed by atoms with Crippen LogP contribution in [0.3, 0.4) is 0 Å². The Labute approximate surface area is 111 Å². The second kappa shape index (κ2) is 4.51. The average molecular weight is 257 g/mol. The molecule has 98 valence electrons. The summed E-state index contributed by atoms with van der Waals surface area (Å²) in [7, 11) is 1.80. The number of ether oxygens (including phenoxy) is 1. The molecule has 5 nitrogen and oxygen atoms in total. The molecule has 2 heterocycles. The summed E-state index contributed by atoms with van der Waals surface area (Å²) in [6, 6.07) is 4.81. The fraction of sp³-hybridized carbons (Fsp3) is 0.286. The van der Waals surface area contributed by atoms with Crippen LogP contribution in [0.4, 0.5) is 0 Å². The number of ketones is 1. The van der Waals surface area contributed by atoms with E-state index in [1.165, 1.54) is 0 Å². The van der Waals surface area contributed by atoms with Crippen LogP contribution in [0.2, 0.25) is 0 Å². The van der Waals surface area contributed by atoms with Crippen molar-refractivity contribution in [1.82, 2.24) is 9.78 Å². The van der Waals surface area contributed by atoms with Gasteiger partial charge in [0.1, 0.15) is 5.75 Å². The van der Waals surface area contributed by atoms with Crippen molar-refractivity contribution in [3.8, 4) is 5.75 Å². The van der Waals surface area contributed by atoms with Crippen LogP contribution in [-0.4, -0.2) is 22.2 Å². The maximum atomic E-state index is 12.4. The molecule has 1 atom stereocenters. The van der Waals surface area contributed by atoms with Crippen LogP contribution in [0.5, 0.6) is 5.75 Å². The number of fused-ring (bicyclic) bond motifs is 1. The number of aryl methyl sites for hydroxylation is 1. The first kappa shape index (κ1) is 11.9. The van der Waals surface area contributed by atoms with Crippen molar-refractivity contribution >= 4 is 5.78 Å². The number of nitrogens with zero attached hydrogens (tertiary/aromatic N) is 2. The van der Waals surface area contributed by atoms with E-state index in [-0.39, 0.29) is 5.78 Å². The zero-order valence-corrected chi connectivity index (χ0v) is 10.7. The van der Waals surface area contributed by atoms with Crippen molar-refractivity contribution in [2.75, 3.05) is 6.61 Å². The van der Waals surface area contributed by atoms with E-state index in [4.69, 9.17) is 10.5 Å². The van der Waals surface area contributed by atoms with Crippen LogP contribution < -0.4 is 10.5 Å². The minimum Gasteiger partial charge on any atom is -0.493 e. The Bertz CT molecular complexity index is 633. The molecule has 19 heavy (non-hydrogen) atoms. The Balaban J connectivity index is 1.87. The predicted octanol–water partition coefficient (Wildman–Crippen LogP) is 1.24. The Morgan fingerprint density at radius 2 is 2.37 bits per heavy atom. The van der Waals surface area contributed by atoms with Gasteiger partial charge in [0.2, 0.25) is 0 Å². The fourth-order valence-electron chi connectivity index (χ4n) is 2.27. The van der Waals surface area contributed by atoms with Gasteiger partial charge in [-0.25, -0.2) is 0 Å². The van der Waals surface area contributed by atoms with Gasteiger partial charge in [-0.1, -0.05) is 0 Å². The van der Waals surface area contributed by atoms with Crippen LogP contribution in [0, 0.1) is 0 Å². The normalized spacial score (nSPS) is 14.8. The Hall–Kier alpha value is -2.14. The maximum absolute atomic E-state index is 12.4. The summed E-state index contributed by atoms with van der Waals surface area (Å²) in [5.74, 6) is 0.772. The number of Topliss-reactive ketones (excluding diaryl/α,β-unsaturated/α-hetero) is 1. The van der Waals surface area contributed by atoms with Crippen molar-refractivity contribution in [1.29, 1.82) is 0 Å². The first-order valence-electron chi connectivity index (χ1n) is 6.19. The smallest absolute Gasteiger partial charge is 0.184 e. The van der Waals surface area contributed by atoms with Crippen molar-refractivity contribution in [3.05, 3.63) is 47.3 Å². The largest absolute Gasteiger partial charge is 0.493 e. The summed E-state index contributed by atoms with van der Waals surface area (Å²) in [5.41, 5.74) is 8.42. The standard InChI is InChI=1S/C14H15N3O2/c1-17-8-11(7-16-17)13(15)14(18)10-2-3-12-9(6-10)4-5-19-12/h2-3,6-8,13H,4-5,15H2,1H3. The number of nitrogens with two attached hydrogens (primary N) is 1. The lowest BCUT2D eigenvalue weighted by molar-refractivity contribution is 0.0961. The molecule has 1 aliphatic rings. The minimum absolute atomic E-state index is 0.0947. The summed E-state index contributed by atoms with van der Waals surface area (Å²) in [5, 5.41) is 4.04. The second-order valence-corrected chi connectivity index (χ2v) is 4.71. The molecular formula is C14H15N3O2. The molecule has 0 saturated carbocycles. The zero-order chi connectivity index (χ0) is 13.4. The highest BCUT2D eigenvalue weighted by Crippen LogP contribution is 2.27. The van der Waals surface area contributed by atoms with E-state index in [0.717, 1.165) is 23.3 Å². The Morgan fingerprint density at radius 1 is 1.53 bits per heavy atom. The van der Waals surface area contributed by atoms with E-state index in [1.807, 2.05) is 12.1 Å². The van der Waals surface area contributed by atoms with E-state index < -0.39 is 6.04 Å². The zero-order valence-electron chi connectivity index (χ0n) is 10.7. The predicted molar refractivity (Wildman–Crippen MR) is 70.1 cm³/mol. The van der Waals surface area contributed by atoms with Crippen LogP contribution in [-0.2, 0) is 13.5 Å². The Kier molecular flexibility index (Phi) is 2.83. The number of carbonyl (C=O) groups excluding carboxylic acids is 1. The summed E-state index contributed by atoms with van der Waals surface area (Å²) < 4.78 is 7.06. The third-order valence-electron chi connectivity index (χ3n) is 3.34. The number of benzene rings is 1. The van der Waals surface area contributed by atoms with E-state index in [0.29, 0.717) is 12.2 Å². The SMILES string of the molecule is Cn1cc(C(N)C(=O)c2ccc3c(c2)CCO3)cn1. The molecule has 0 radical (unpaired) electrons. The second-order valence-electron chi connectivity index (χ2n) is 4.71. The number of hydrogen-bond acceptors (Lipinski definition) is 4. The molecule has 3 rings (SSSR count). The van der Waals surface area contributed by atoms with Gasteiger partial charge in [0.15, 0.2) is 5.78 Å². The van der Waals surface area contributed by atoms with E-state index >= 15 is 0 Å². The van der Waals surface area contributed by atoms with Gasteiger partial charge in [0.05, 0.1) is 18.8 Å². The van der Waals surface area contributed by atoms with Gasteiger partial charge in [0, 0.05) is 30.8 Å². The topological polar surface area (TPSA) is 70.1 Å². The van der Waals surface area contributed by atoms with E-state index in [2.05, 4.69) is 5.10 Å². The quantitative estimate of drug-likeness (QED) is 0.840. The number of rotatable bonds is 3. The highest BCUT2D eigenvalue weighted by atomic mass is 16.5. The summed E-state index contributed by atoms with van der Waals surface area (Å²) in [4.78, 5) is 12.4. The molecule has 0 amide bonds. The fourth-order valence-corrected chi connectivity index (χ4v) is 2.27.